The van der Waals surface area contributed by atoms with Crippen molar-refractivity contribution in [2.75, 3.05) is 18.1 Å². The second kappa shape index (κ2) is 5.47. The van der Waals surface area contributed by atoms with Gasteiger partial charge < -0.3 is 10.5 Å². The molecule has 5 heteroatoms. The van der Waals surface area contributed by atoms with Crippen LogP contribution in [0.3, 0.4) is 0 Å². The maximum Gasteiger partial charge on any atom is 0.151 e. The highest BCUT2D eigenvalue weighted by molar-refractivity contribution is 8.01. The summed E-state index contributed by atoms with van der Waals surface area (Å²) >= 11 is 3.42. The smallest absolute Gasteiger partial charge is 0.151 e. The Kier molecular flexibility index (Phi) is 4.14. The Labute approximate surface area is 116 Å². The molecular formula is C13H18N2OS2. The summed E-state index contributed by atoms with van der Waals surface area (Å²) in [6.45, 7) is 6.95. The monoisotopic (exact) mass is 282 g/mol. The molecule has 0 radical (unpaired) electrons. The number of aromatic nitrogens is 1. The molecule has 3 nitrogen and oxygen atoms in total. The van der Waals surface area contributed by atoms with E-state index in [0.717, 1.165) is 32.6 Å². The lowest BCUT2D eigenvalue weighted by atomic mass is 10.2. The van der Waals surface area contributed by atoms with E-state index in [9.17, 15) is 0 Å². The van der Waals surface area contributed by atoms with Crippen LogP contribution < -0.4 is 5.73 Å². The summed E-state index contributed by atoms with van der Waals surface area (Å²) in [5.74, 6) is 0.923. The topological polar surface area (TPSA) is 48.1 Å². The van der Waals surface area contributed by atoms with E-state index in [-0.39, 0.29) is 5.60 Å². The van der Waals surface area contributed by atoms with Gasteiger partial charge in [0.15, 0.2) is 4.34 Å². The van der Waals surface area contributed by atoms with Crippen LogP contribution in [0.15, 0.2) is 22.5 Å². The molecule has 0 bridgehead atoms. The van der Waals surface area contributed by atoms with Gasteiger partial charge in [-0.15, -0.1) is 11.3 Å². The third kappa shape index (κ3) is 3.86. The maximum absolute atomic E-state index is 5.75. The number of nitrogens with zero attached hydrogens (tertiary/aromatic N) is 1. The summed E-state index contributed by atoms with van der Waals surface area (Å²) in [5.41, 5.74) is 7.50. The normalized spacial score (nSPS) is 12.2. The minimum atomic E-state index is -0.0669. The van der Waals surface area contributed by atoms with Crippen molar-refractivity contribution in [1.82, 2.24) is 4.98 Å². The Balaban J connectivity index is 1.92. The second-order valence-corrected chi connectivity index (χ2v) is 7.39. The van der Waals surface area contributed by atoms with E-state index < -0.39 is 0 Å². The zero-order valence-electron chi connectivity index (χ0n) is 10.9. The van der Waals surface area contributed by atoms with Crippen LogP contribution in [-0.4, -0.2) is 22.9 Å². The molecule has 2 rings (SSSR count). The maximum atomic E-state index is 5.75. The molecule has 18 heavy (non-hydrogen) atoms. The summed E-state index contributed by atoms with van der Waals surface area (Å²) < 4.78 is 7.90. The number of hydrogen-bond donors (Lipinski definition) is 1. The van der Waals surface area contributed by atoms with Gasteiger partial charge in [0.25, 0.3) is 0 Å². The Morgan fingerprint density at radius 2 is 2.17 bits per heavy atom. The van der Waals surface area contributed by atoms with Crippen molar-refractivity contribution in [3.05, 3.63) is 18.2 Å². The van der Waals surface area contributed by atoms with Crippen molar-refractivity contribution < 1.29 is 4.74 Å². The molecule has 0 spiro atoms. The number of nitrogens with two attached hydrogens (primary N) is 1. The summed E-state index contributed by atoms with van der Waals surface area (Å²) in [7, 11) is 0. The van der Waals surface area contributed by atoms with Gasteiger partial charge in [0, 0.05) is 11.4 Å². The van der Waals surface area contributed by atoms with Crippen LogP contribution >= 0.6 is 23.1 Å². The van der Waals surface area contributed by atoms with E-state index in [1.165, 1.54) is 0 Å². The molecule has 0 aliphatic rings. The van der Waals surface area contributed by atoms with Gasteiger partial charge in [-0.2, -0.15) is 0 Å². The molecule has 1 heterocycles. The second-order valence-electron chi connectivity index (χ2n) is 5.02. The van der Waals surface area contributed by atoms with E-state index in [0.29, 0.717) is 0 Å². The van der Waals surface area contributed by atoms with E-state index in [2.05, 4.69) is 25.8 Å². The first kappa shape index (κ1) is 13.6. The van der Waals surface area contributed by atoms with Crippen LogP contribution in [0.5, 0.6) is 0 Å². The van der Waals surface area contributed by atoms with E-state index in [1.807, 2.05) is 18.2 Å². The molecule has 0 saturated heterocycles. The van der Waals surface area contributed by atoms with Crippen LogP contribution in [0.25, 0.3) is 10.2 Å². The number of anilines is 1. The molecule has 0 aliphatic carbocycles. The van der Waals surface area contributed by atoms with Gasteiger partial charge in [0.05, 0.1) is 22.4 Å². The van der Waals surface area contributed by atoms with Crippen LogP contribution in [-0.2, 0) is 4.74 Å². The quantitative estimate of drug-likeness (QED) is 0.526. The van der Waals surface area contributed by atoms with Crippen molar-refractivity contribution >= 4 is 39.0 Å². The summed E-state index contributed by atoms with van der Waals surface area (Å²) in [6.07, 6.45) is 0. The molecule has 1 aromatic carbocycles. The first-order chi connectivity index (χ1) is 8.44. The molecule has 2 aromatic rings. The van der Waals surface area contributed by atoms with Gasteiger partial charge in [-0.25, -0.2) is 4.98 Å². The number of thiazole rings is 1. The van der Waals surface area contributed by atoms with E-state index in [4.69, 9.17) is 10.5 Å². The lowest BCUT2D eigenvalue weighted by molar-refractivity contribution is 0.00695. The highest BCUT2D eigenvalue weighted by Crippen LogP contribution is 2.30. The molecule has 0 atom stereocenters. The lowest BCUT2D eigenvalue weighted by Gasteiger charge is -2.18. The third-order valence-corrected chi connectivity index (χ3v) is 4.36. The number of thioether (sulfide) groups is 1. The predicted octanol–water partition coefficient (Wildman–Crippen LogP) is 3.79. The van der Waals surface area contributed by atoms with Crippen molar-refractivity contribution in [2.24, 2.45) is 0 Å². The fourth-order valence-electron chi connectivity index (χ4n) is 1.46. The van der Waals surface area contributed by atoms with Gasteiger partial charge in [-0.05, 0) is 39.0 Å². The zero-order valence-corrected chi connectivity index (χ0v) is 12.5. The highest BCUT2D eigenvalue weighted by atomic mass is 32.2. The Bertz CT molecular complexity index is 531. The Morgan fingerprint density at radius 3 is 2.89 bits per heavy atom. The Morgan fingerprint density at radius 1 is 1.39 bits per heavy atom. The van der Waals surface area contributed by atoms with Crippen molar-refractivity contribution in [1.29, 1.82) is 0 Å². The van der Waals surface area contributed by atoms with Gasteiger partial charge >= 0.3 is 0 Å². The zero-order chi connectivity index (χ0) is 13.2. The number of ether oxygens (including phenoxy) is 1. The standard InChI is InChI=1S/C13H18N2OS2/c1-13(2,3)16-6-7-17-12-15-10-5-4-9(14)8-11(10)18-12/h4-5,8H,6-7,14H2,1-3H3. The fraction of sp³-hybridized carbons (Fsp3) is 0.462. The Hall–Kier alpha value is -0.780. The third-order valence-electron chi connectivity index (χ3n) is 2.24. The first-order valence-electron chi connectivity index (χ1n) is 5.87. The van der Waals surface area contributed by atoms with Crippen molar-refractivity contribution in [2.45, 2.75) is 30.7 Å². The molecule has 2 N–H and O–H groups in total. The van der Waals surface area contributed by atoms with Crippen molar-refractivity contribution in [3.63, 3.8) is 0 Å². The van der Waals surface area contributed by atoms with Gasteiger partial charge in [-0.3, -0.25) is 0 Å². The summed E-state index contributed by atoms with van der Waals surface area (Å²) in [6, 6.07) is 5.83. The highest BCUT2D eigenvalue weighted by Gasteiger charge is 2.10. The van der Waals surface area contributed by atoms with Crippen LogP contribution in [0.2, 0.25) is 0 Å². The fourth-order valence-corrected chi connectivity index (χ4v) is 3.46. The molecule has 0 unspecified atom stereocenters. The SMILES string of the molecule is CC(C)(C)OCCSc1nc2ccc(N)cc2s1. The molecule has 98 valence electrons. The largest absolute Gasteiger partial charge is 0.399 e. The minimum absolute atomic E-state index is 0.0669. The lowest BCUT2D eigenvalue weighted by Crippen LogP contribution is -2.20. The molecule has 0 aliphatic heterocycles. The minimum Gasteiger partial charge on any atom is -0.399 e. The number of hydrogen-bond acceptors (Lipinski definition) is 5. The number of fused-ring (bicyclic) bond motifs is 1. The summed E-state index contributed by atoms with van der Waals surface area (Å²) in [4.78, 5) is 4.56. The average Bonchev–Trinajstić information content (AvgIpc) is 2.65. The molecule has 1 aromatic heterocycles. The van der Waals surface area contributed by atoms with Crippen molar-refractivity contribution in [3.8, 4) is 0 Å². The predicted molar refractivity (Wildman–Crippen MR) is 80.5 cm³/mol. The van der Waals surface area contributed by atoms with Gasteiger partial charge in [-0.1, -0.05) is 11.8 Å². The van der Waals surface area contributed by atoms with Crippen LogP contribution in [0.1, 0.15) is 20.8 Å². The van der Waals surface area contributed by atoms with Gasteiger partial charge in [0.2, 0.25) is 0 Å². The van der Waals surface area contributed by atoms with Crippen LogP contribution in [0.4, 0.5) is 5.69 Å². The number of rotatable bonds is 4. The molecular weight excluding hydrogens is 264 g/mol. The molecule has 0 fully saturated rings. The number of benzene rings is 1. The average molecular weight is 282 g/mol. The van der Waals surface area contributed by atoms with Gasteiger partial charge in [0.1, 0.15) is 0 Å². The van der Waals surface area contributed by atoms with Crippen LogP contribution in [0, 0.1) is 0 Å². The molecule has 0 saturated carbocycles. The van der Waals surface area contributed by atoms with E-state index in [1.54, 1.807) is 23.1 Å². The first-order valence-corrected chi connectivity index (χ1v) is 7.67. The van der Waals surface area contributed by atoms with E-state index >= 15 is 0 Å². The number of nitrogen functional groups attached to an aromatic ring is 1. The molecule has 0 amide bonds. The summed E-state index contributed by atoms with van der Waals surface area (Å²) in [5, 5.41) is 0.